The molecule has 12 heteroatoms. The number of methoxy groups -OCH3 is 2. The van der Waals surface area contributed by atoms with E-state index in [1.807, 2.05) is 72.9 Å². The molecule has 230 valence electrons. The highest BCUT2D eigenvalue weighted by Crippen LogP contribution is 2.36. The molecule has 0 aliphatic carbocycles. The Morgan fingerprint density at radius 1 is 1.02 bits per heavy atom. The number of anilines is 1. The number of pyridine rings is 1. The molecule has 0 fully saturated rings. The van der Waals surface area contributed by atoms with E-state index in [-0.39, 0.29) is 18.6 Å². The average Bonchev–Trinajstić information content (AvgIpc) is 3.71. The van der Waals surface area contributed by atoms with Crippen LogP contribution < -0.4 is 19.5 Å². The van der Waals surface area contributed by atoms with Gasteiger partial charge in [0.15, 0.2) is 11.5 Å². The van der Waals surface area contributed by atoms with Gasteiger partial charge in [0.1, 0.15) is 18.1 Å². The Hall–Kier alpha value is -5.16. The first-order valence-corrected chi connectivity index (χ1v) is 14.8. The number of hydrogen-bond acceptors (Lipinski definition) is 9. The molecule has 5 aromatic rings. The highest BCUT2D eigenvalue weighted by Gasteiger charge is 2.31. The van der Waals surface area contributed by atoms with Crippen LogP contribution in [0.1, 0.15) is 36.2 Å². The fourth-order valence-electron chi connectivity index (χ4n) is 5.27. The van der Waals surface area contributed by atoms with E-state index in [0.29, 0.717) is 41.7 Å². The third-order valence-corrected chi connectivity index (χ3v) is 7.79. The van der Waals surface area contributed by atoms with Crippen molar-refractivity contribution in [1.29, 1.82) is 0 Å². The molecule has 0 saturated carbocycles. The van der Waals surface area contributed by atoms with Gasteiger partial charge in [-0.3, -0.25) is 14.5 Å². The van der Waals surface area contributed by atoms with E-state index in [1.54, 1.807) is 25.1 Å². The molecule has 0 radical (unpaired) electrons. The van der Waals surface area contributed by atoms with Crippen LogP contribution in [0.15, 0.2) is 84.2 Å². The molecule has 6 rings (SSSR count). The third kappa shape index (κ3) is 6.68. The van der Waals surface area contributed by atoms with Crippen LogP contribution in [0.5, 0.6) is 17.2 Å². The lowest BCUT2D eigenvalue weighted by atomic mass is 9.98. The number of hydrogen-bond donors (Lipinski definition) is 1. The van der Waals surface area contributed by atoms with E-state index in [4.69, 9.17) is 25.8 Å². The Balaban J connectivity index is 1.07. The van der Waals surface area contributed by atoms with Gasteiger partial charge in [-0.15, -0.1) is 5.10 Å². The largest absolute Gasteiger partial charge is 0.497 e. The summed E-state index contributed by atoms with van der Waals surface area (Å²) in [6.07, 6.45) is 4.18. The maximum atomic E-state index is 12.4. The Morgan fingerprint density at radius 2 is 1.87 bits per heavy atom. The van der Waals surface area contributed by atoms with Crippen LogP contribution in [0, 0.1) is 0 Å². The van der Waals surface area contributed by atoms with Crippen LogP contribution in [0.4, 0.5) is 5.69 Å². The van der Waals surface area contributed by atoms with Crippen LogP contribution in [0.25, 0.3) is 10.9 Å². The Labute approximate surface area is 265 Å². The summed E-state index contributed by atoms with van der Waals surface area (Å²) < 4.78 is 18.8. The van der Waals surface area contributed by atoms with Crippen LogP contribution in [0.3, 0.4) is 0 Å². The zero-order chi connectivity index (χ0) is 31.3. The van der Waals surface area contributed by atoms with Gasteiger partial charge >= 0.3 is 0 Å². The topological polar surface area (TPSA) is 116 Å². The fourth-order valence-corrected chi connectivity index (χ4v) is 5.44. The van der Waals surface area contributed by atoms with Gasteiger partial charge < -0.3 is 19.5 Å². The van der Waals surface area contributed by atoms with E-state index >= 15 is 0 Å². The summed E-state index contributed by atoms with van der Waals surface area (Å²) in [6.45, 7) is 2.99. The van der Waals surface area contributed by atoms with Gasteiger partial charge in [0.05, 0.1) is 44.2 Å². The number of amides is 1. The van der Waals surface area contributed by atoms with Crippen LogP contribution in [-0.4, -0.2) is 57.4 Å². The molecule has 1 N–H and O–H groups in total. The van der Waals surface area contributed by atoms with Gasteiger partial charge in [0.25, 0.3) is 0 Å². The maximum Gasteiger partial charge on any atom is 0.240 e. The first-order chi connectivity index (χ1) is 21.9. The molecule has 3 heterocycles. The van der Waals surface area contributed by atoms with Gasteiger partial charge in [-0.1, -0.05) is 28.9 Å². The van der Waals surface area contributed by atoms with Gasteiger partial charge in [0, 0.05) is 47.7 Å². The van der Waals surface area contributed by atoms with Crippen molar-refractivity contribution in [3.63, 3.8) is 0 Å². The predicted molar refractivity (Wildman–Crippen MR) is 172 cm³/mol. The van der Waals surface area contributed by atoms with Crippen molar-refractivity contribution >= 4 is 39.8 Å². The fraction of sp³-hybridized carbons (Fsp3) is 0.242. The number of nitrogens with one attached hydrogen (secondary N) is 1. The van der Waals surface area contributed by atoms with Gasteiger partial charge in [-0.05, 0) is 60.2 Å². The second-order valence-corrected chi connectivity index (χ2v) is 10.9. The molecule has 0 spiro atoms. The number of nitrogens with zero attached hydrogens (tertiary/aromatic N) is 6. The van der Waals surface area contributed by atoms with Crippen molar-refractivity contribution in [2.75, 3.05) is 26.1 Å². The number of benzene rings is 3. The number of carbonyl (C=O) groups excluding carboxylic acids is 1. The van der Waals surface area contributed by atoms with Crippen molar-refractivity contribution in [1.82, 2.24) is 25.0 Å². The van der Waals surface area contributed by atoms with E-state index in [0.717, 1.165) is 39.2 Å². The van der Waals surface area contributed by atoms with Crippen molar-refractivity contribution < 1.29 is 19.0 Å². The van der Waals surface area contributed by atoms with E-state index in [2.05, 4.69) is 25.7 Å². The highest BCUT2D eigenvalue weighted by atomic mass is 35.5. The molecule has 2 aromatic heterocycles. The molecule has 1 aliphatic heterocycles. The Bertz CT molecular complexity index is 1860. The Morgan fingerprint density at radius 3 is 2.64 bits per heavy atom. The smallest absolute Gasteiger partial charge is 0.240 e. The van der Waals surface area contributed by atoms with Gasteiger partial charge in [-0.25, -0.2) is 5.01 Å². The molecule has 1 amide bonds. The Kier molecular flexibility index (Phi) is 8.79. The molecule has 1 atom stereocenters. The summed E-state index contributed by atoms with van der Waals surface area (Å²) in [6, 6.07) is 20.7. The van der Waals surface area contributed by atoms with Crippen LogP contribution >= 0.6 is 11.6 Å². The monoisotopic (exact) mass is 625 g/mol. The average molecular weight is 626 g/mol. The van der Waals surface area contributed by atoms with E-state index in [9.17, 15) is 4.79 Å². The number of fused-ring (bicyclic) bond motifs is 1. The normalized spacial score (nSPS) is 14.4. The molecule has 1 aliphatic rings. The van der Waals surface area contributed by atoms with E-state index < -0.39 is 0 Å². The SMILES string of the molecule is COc1ccc(C2CC(c3ccc(OCc4cn(CCNc5ccnc6cc(Cl)ccc56)nn4)c(OC)c3)=NN2C(C)=O)cc1. The standard InChI is InChI=1S/C33H32ClN7O4/c1-21(42)41-31(22-4-8-26(43-2)9-5-22)18-29(38-41)23-6-11-32(33(16-23)44-3)45-20-25-19-40(39-37-25)15-14-36-28-12-13-35-30-17-24(34)7-10-27(28)30/h4-13,16-17,19,31H,14-15,18,20H2,1-3H3,(H,35,36). The minimum Gasteiger partial charge on any atom is -0.497 e. The molecule has 11 nitrogen and oxygen atoms in total. The van der Waals surface area contributed by atoms with Gasteiger partial charge in [0.2, 0.25) is 5.91 Å². The lowest BCUT2D eigenvalue weighted by Crippen LogP contribution is -2.24. The zero-order valence-electron chi connectivity index (χ0n) is 25.1. The summed E-state index contributed by atoms with van der Waals surface area (Å²) >= 11 is 6.10. The van der Waals surface area contributed by atoms with Crippen molar-refractivity contribution in [3.8, 4) is 17.2 Å². The molecule has 3 aromatic carbocycles. The number of rotatable bonds is 11. The molecular weight excluding hydrogens is 594 g/mol. The summed E-state index contributed by atoms with van der Waals surface area (Å²) in [5.41, 5.74) is 5.12. The predicted octanol–water partition coefficient (Wildman–Crippen LogP) is 5.89. The quantitative estimate of drug-likeness (QED) is 0.193. The number of ether oxygens (including phenoxy) is 3. The minimum absolute atomic E-state index is 0.127. The number of aromatic nitrogens is 4. The second kappa shape index (κ2) is 13.2. The highest BCUT2D eigenvalue weighted by molar-refractivity contribution is 6.31. The molecule has 0 bridgehead atoms. The number of halogens is 1. The molecule has 45 heavy (non-hydrogen) atoms. The van der Waals surface area contributed by atoms with Crippen molar-refractivity contribution in [2.45, 2.75) is 32.5 Å². The minimum atomic E-state index is -0.203. The lowest BCUT2D eigenvalue weighted by Gasteiger charge is -2.20. The van der Waals surface area contributed by atoms with Gasteiger partial charge in [-0.2, -0.15) is 5.10 Å². The van der Waals surface area contributed by atoms with Crippen LogP contribution in [-0.2, 0) is 17.9 Å². The summed E-state index contributed by atoms with van der Waals surface area (Å²) in [5, 5.41) is 19.8. The number of carbonyl (C=O) groups is 1. The van der Waals surface area contributed by atoms with E-state index in [1.165, 1.54) is 11.9 Å². The molecule has 0 saturated heterocycles. The summed E-state index contributed by atoms with van der Waals surface area (Å²) in [4.78, 5) is 16.8. The second-order valence-electron chi connectivity index (χ2n) is 10.5. The third-order valence-electron chi connectivity index (χ3n) is 7.55. The lowest BCUT2D eigenvalue weighted by molar-refractivity contribution is -0.130. The summed E-state index contributed by atoms with van der Waals surface area (Å²) in [5.74, 6) is 1.75. The van der Waals surface area contributed by atoms with Crippen LogP contribution in [0.2, 0.25) is 5.02 Å². The van der Waals surface area contributed by atoms with Crippen molar-refractivity contribution in [3.05, 3.63) is 101 Å². The first kappa shape index (κ1) is 29.9. The number of hydrazone groups is 1. The van der Waals surface area contributed by atoms with Crippen molar-refractivity contribution in [2.24, 2.45) is 5.10 Å². The zero-order valence-corrected chi connectivity index (χ0v) is 25.9. The maximum absolute atomic E-state index is 12.4. The summed E-state index contributed by atoms with van der Waals surface area (Å²) in [7, 11) is 3.22. The molecule has 1 unspecified atom stereocenters. The first-order valence-electron chi connectivity index (χ1n) is 14.4. The molecular formula is C33H32ClN7O4.